The van der Waals surface area contributed by atoms with E-state index in [0.717, 1.165) is 29.8 Å². The van der Waals surface area contributed by atoms with Crippen molar-refractivity contribution < 1.29 is 41.7 Å². The number of nitrogens with two attached hydrogens (primary N) is 2. The third-order valence-electron chi connectivity index (χ3n) is 5.14. The molecule has 0 aliphatic carbocycles. The van der Waals surface area contributed by atoms with Crippen molar-refractivity contribution in [3.8, 4) is 11.5 Å². The maximum atomic E-state index is 13.0. The van der Waals surface area contributed by atoms with E-state index in [1.54, 1.807) is 24.3 Å². The fraction of sp³-hybridized carbons (Fsp3) is 0.154. The number of benzene rings is 3. The van der Waals surface area contributed by atoms with Crippen LogP contribution in [0.1, 0.15) is 27.9 Å². The van der Waals surface area contributed by atoms with Gasteiger partial charge >= 0.3 is 24.5 Å². The van der Waals surface area contributed by atoms with Crippen LogP contribution in [0, 0.1) is 0 Å². The van der Waals surface area contributed by atoms with Crippen LogP contribution in [0.3, 0.4) is 0 Å². The summed E-state index contributed by atoms with van der Waals surface area (Å²) in [6, 6.07) is 14.9. The molecule has 0 radical (unpaired) electrons. The molecule has 3 aromatic carbocycles. The lowest BCUT2D eigenvalue weighted by atomic mass is 9.97. The van der Waals surface area contributed by atoms with Gasteiger partial charge < -0.3 is 26.0 Å². The van der Waals surface area contributed by atoms with Crippen molar-refractivity contribution in [2.75, 3.05) is 11.5 Å². The Kier molecular flexibility index (Phi) is 8.38. The number of carboxylic acid groups (broad SMARTS) is 1. The van der Waals surface area contributed by atoms with Crippen LogP contribution < -0.4 is 20.9 Å². The number of esters is 1. The highest BCUT2D eigenvalue weighted by molar-refractivity contribution is 6.18. The van der Waals surface area contributed by atoms with Crippen molar-refractivity contribution in [1.29, 1.82) is 0 Å². The first-order valence-electron chi connectivity index (χ1n) is 10.8. The molecule has 194 valence electrons. The SMILES string of the molecule is Nc1ccc(CC/C=C(/C(=O)O)c2ccccc2C(=O)Oc2ccc(OC(F)(F)C(F)F)cc2)c(N)c1. The van der Waals surface area contributed by atoms with E-state index in [1.165, 1.54) is 24.3 Å². The summed E-state index contributed by atoms with van der Waals surface area (Å²) in [5, 5.41) is 9.78. The van der Waals surface area contributed by atoms with Crippen LogP contribution in [0.4, 0.5) is 28.9 Å². The van der Waals surface area contributed by atoms with Gasteiger partial charge in [-0.1, -0.05) is 30.3 Å². The third-order valence-corrected chi connectivity index (χ3v) is 5.14. The highest BCUT2D eigenvalue weighted by atomic mass is 19.3. The third kappa shape index (κ3) is 7.00. The number of carbonyl (C=O) groups is 2. The normalized spacial score (nSPS) is 11.9. The van der Waals surface area contributed by atoms with E-state index < -0.39 is 30.2 Å². The van der Waals surface area contributed by atoms with Crippen molar-refractivity contribution in [2.45, 2.75) is 25.4 Å². The van der Waals surface area contributed by atoms with E-state index in [2.05, 4.69) is 4.74 Å². The first-order valence-corrected chi connectivity index (χ1v) is 10.8. The Hall–Kier alpha value is -4.54. The Balaban J connectivity index is 1.77. The van der Waals surface area contributed by atoms with E-state index in [0.29, 0.717) is 24.2 Å². The number of rotatable bonds is 10. The van der Waals surface area contributed by atoms with Crippen LogP contribution >= 0.6 is 0 Å². The number of aryl methyl sites for hydroxylation is 1. The Morgan fingerprint density at radius 3 is 2.16 bits per heavy atom. The molecule has 0 fully saturated rings. The molecule has 0 saturated heterocycles. The summed E-state index contributed by atoms with van der Waals surface area (Å²) in [7, 11) is 0. The van der Waals surface area contributed by atoms with Crippen LogP contribution in [0.15, 0.2) is 72.8 Å². The van der Waals surface area contributed by atoms with Gasteiger partial charge in [-0.2, -0.15) is 17.6 Å². The number of anilines is 2. The predicted molar refractivity (Wildman–Crippen MR) is 129 cm³/mol. The molecule has 7 nitrogen and oxygen atoms in total. The summed E-state index contributed by atoms with van der Waals surface area (Å²) in [5.41, 5.74) is 13.3. The summed E-state index contributed by atoms with van der Waals surface area (Å²) < 4.78 is 59.9. The summed E-state index contributed by atoms with van der Waals surface area (Å²) in [6.07, 6.45) is -6.53. The van der Waals surface area contributed by atoms with E-state index in [-0.39, 0.29) is 22.4 Å². The molecule has 0 aliphatic rings. The van der Waals surface area contributed by atoms with Crippen molar-refractivity contribution in [3.63, 3.8) is 0 Å². The van der Waals surface area contributed by atoms with E-state index in [9.17, 15) is 32.3 Å². The largest absolute Gasteiger partial charge is 0.478 e. The zero-order valence-electron chi connectivity index (χ0n) is 19.2. The number of carbonyl (C=O) groups excluding carboxylic acids is 1. The molecule has 0 aliphatic heterocycles. The quantitative estimate of drug-likeness (QED) is 0.108. The molecule has 11 heteroatoms. The number of carboxylic acids is 1. The second kappa shape index (κ2) is 11.5. The van der Waals surface area contributed by atoms with Gasteiger partial charge in [-0.3, -0.25) is 0 Å². The molecule has 0 saturated carbocycles. The van der Waals surface area contributed by atoms with Crippen LogP contribution in [0.5, 0.6) is 11.5 Å². The van der Waals surface area contributed by atoms with Crippen LogP contribution in [-0.2, 0) is 11.2 Å². The molecular formula is C26H22F4N2O5. The number of aliphatic carboxylic acids is 1. The van der Waals surface area contributed by atoms with E-state index in [4.69, 9.17) is 16.2 Å². The van der Waals surface area contributed by atoms with Crippen molar-refractivity contribution >= 4 is 28.9 Å². The van der Waals surface area contributed by atoms with Crippen LogP contribution in [-0.4, -0.2) is 29.6 Å². The van der Waals surface area contributed by atoms with Crippen molar-refractivity contribution in [3.05, 3.63) is 89.5 Å². The monoisotopic (exact) mass is 518 g/mol. The first-order chi connectivity index (χ1) is 17.5. The number of hydrogen-bond acceptors (Lipinski definition) is 6. The van der Waals surface area contributed by atoms with Crippen molar-refractivity contribution in [2.24, 2.45) is 0 Å². The molecule has 0 unspecified atom stereocenters. The first kappa shape index (κ1) is 27.1. The molecule has 0 aromatic heterocycles. The second-order valence-electron chi connectivity index (χ2n) is 7.79. The minimum Gasteiger partial charge on any atom is -0.478 e. The molecule has 5 N–H and O–H groups in total. The van der Waals surface area contributed by atoms with E-state index in [1.807, 2.05) is 0 Å². The van der Waals surface area contributed by atoms with Gasteiger partial charge in [-0.05, 0) is 60.9 Å². The zero-order chi connectivity index (χ0) is 27.2. The molecule has 0 amide bonds. The minimum absolute atomic E-state index is 0.0623. The van der Waals surface area contributed by atoms with E-state index >= 15 is 0 Å². The summed E-state index contributed by atoms with van der Waals surface area (Å²) in [4.78, 5) is 24.8. The zero-order valence-corrected chi connectivity index (χ0v) is 19.2. The number of allylic oxidation sites excluding steroid dienone is 1. The highest BCUT2D eigenvalue weighted by Crippen LogP contribution is 2.29. The lowest BCUT2D eigenvalue weighted by Gasteiger charge is -2.16. The molecule has 0 heterocycles. The van der Waals surface area contributed by atoms with Crippen molar-refractivity contribution in [1.82, 2.24) is 0 Å². The predicted octanol–water partition coefficient (Wildman–Crippen LogP) is 5.41. The second-order valence-corrected chi connectivity index (χ2v) is 7.79. The summed E-state index contributed by atoms with van der Waals surface area (Å²) in [6.45, 7) is 0. The lowest BCUT2D eigenvalue weighted by Crippen LogP contribution is -2.33. The number of hydrogen-bond donors (Lipinski definition) is 3. The topological polar surface area (TPSA) is 125 Å². The Labute approximate surface area is 208 Å². The average molecular weight is 518 g/mol. The maximum Gasteiger partial charge on any atom is 0.461 e. The van der Waals surface area contributed by atoms with Gasteiger partial charge in [0.25, 0.3) is 0 Å². The molecule has 37 heavy (non-hydrogen) atoms. The molecule has 0 atom stereocenters. The summed E-state index contributed by atoms with van der Waals surface area (Å²) >= 11 is 0. The number of halogens is 4. The fourth-order valence-corrected chi connectivity index (χ4v) is 3.36. The Morgan fingerprint density at radius 1 is 0.946 bits per heavy atom. The Bertz CT molecular complexity index is 1310. The van der Waals surface area contributed by atoms with Gasteiger partial charge in [-0.25, -0.2) is 9.59 Å². The van der Waals surface area contributed by atoms with Gasteiger partial charge in [0.2, 0.25) is 0 Å². The van der Waals surface area contributed by atoms with Gasteiger partial charge in [0.15, 0.2) is 0 Å². The number of alkyl halides is 4. The van der Waals surface area contributed by atoms with Crippen LogP contribution in [0.25, 0.3) is 5.57 Å². The molecule has 3 rings (SSSR count). The van der Waals surface area contributed by atoms with Crippen LogP contribution in [0.2, 0.25) is 0 Å². The molecule has 0 spiro atoms. The highest BCUT2D eigenvalue weighted by Gasteiger charge is 2.43. The van der Waals surface area contributed by atoms with Gasteiger partial charge in [-0.15, -0.1) is 0 Å². The van der Waals surface area contributed by atoms with Gasteiger partial charge in [0.05, 0.1) is 11.1 Å². The fourth-order valence-electron chi connectivity index (χ4n) is 3.36. The standard InChI is InChI=1S/C26H22F4N2O5/c27-25(28)26(29,30)37-18-12-10-17(11-13-18)36-24(35)21-6-2-1-5-19(21)20(23(33)34)7-3-4-15-8-9-16(31)14-22(15)32/h1-2,5-14,25H,3-4,31-32H2,(H,33,34)/b20-7+. The molecular weight excluding hydrogens is 496 g/mol. The smallest absolute Gasteiger partial charge is 0.461 e. The van der Waals surface area contributed by atoms with Gasteiger partial charge in [0, 0.05) is 16.9 Å². The number of nitrogen functional groups attached to an aromatic ring is 2. The Morgan fingerprint density at radius 2 is 1.57 bits per heavy atom. The number of ether oxygens (including phenoxy) is 2. The molecule has 0 bridgehead atoms. The summed E-state index contributed by atoms with van der Waals surface area (Å²) in [5.74, 6) is -2.86. The maximum absolute atomic E-state index is 13.0. The minimum atomic E-state index is -4.68. The average Bonchev–Trinajstić information content (AvgIpc) is 2.83. The molecule has 3 aromatic rings. The lowest BCUT2D eigenvalue weighted by molar-refractivity contribution is -0.253. The van der Waals surface area contributed by atoms with Gasteiger partial charge in [0.1, 0.15) is 11.5 Å².